The molecule has 29 heavy (non-hydrogen) atoms. The molecule has 1 fully saturated rings. The quantitative estimate of drug-likeness (QED) is 0.519. The summed E-state index contributed by atoms with van der Waals surface area (Å²) in [4.78, 5) is 43.7. The molecule has 9 nitrogen and oxygen atoms in total. The number of carbonyl (C=O) groups excluding carboxylic acids is 1. The Kier molecular flexibility index (Phi) is 5.01. The van der Waals surface area contributed by atoms with E-state index in [1.54, 1.807) is 29.2 Å². The lowest BCUT2D eigenvalue weighted by molar-refractivity contribution is -0.385. The van der Waals surface area contributed by atoms with Crippen LogP contribution in [0.5, 0.6) is 0 Å². The van der Waals surface area contributed by atoms with Crippen LogP contribution < -0.4 is 15.8 Å². The number of carbonyl (C=O) groups is 1. The van der Waals surface area contributed by atoms with Crippen molar-refractivity contribution in [3.63, 3.8) is 0 Å². The van der Waals surface area contributed by atoms with Gasteiger partial charge in [0.25, 0.3) is 5.91 Å². The number of hydrogen-bond acceptors (Lipinski definition) is 7. The van der Waals surface area contributed by atoms with Crippen LogP contribution in [0.25, 0.3) is 5.65 Å². The lowest BCUT2D eigenvalue weighted by Crippen LogP contribution is -2.45. The van der Waals surface area contributed by atoms with E-state index in [-0.39, 0.29) is 17.8 Å². The Labute approximate surface area is 169 Å². The highest BCUT2D eigenvalue weighted by atomic mass is 32.1. The summed E-state index contributed by atoms with van der Waals surface area (Å²) in [7, 11) is 0. The van der Waals surface area contributed by atoms with Crippen molar-refractivity contribution in [3.05, 3.63) is 66.8 Å². The van der Waals surface area contributed by atoms with Gasteiger partial charge in [-0.1, -0.05) is 6.07 Å². The van der Waals surface area contributed by atoms with Crippen LogP contribution in [0.4, 0.5) is 11.5 Å². The highest BCUT2D eigenvalue weighted by Gasteiger charge is 2.30. The van der Waals surface area contributed by atoms with Crippen molar-refractivity contribution in [2.75, 3.05) is 18.0 Å². The Morgan fingerprint density at radius 2 is 2.03 bits per heavy atom. The van der Waals surface area contributed by atoms with Crippen molar-refractivity contribution < 1.29 is 9.72 Å². The van der Waals surface area contributed by atoms with E-state index in [9.17, 15) is 19.7 Å². The SMILES string of the molecule is Cc1ccc(C(=O)NC2CCN(c3nc4ccccn4c(=O)c3[N+](=O)[O-])CC2)s1. The van der Waals surface area contributed by atoms with Gasteiger partial charge < -0.3 is 10.2 Å². The molecule has 3 aromatic heterocycles. The van der Waals surface area contributed by atoms with Gasteiger partial charge in [0.15, 0.2) is 0 Å². The first-order chi connectivity index (χ1) is 13.9. The normalized spacial score (nSPS) is 14.9. The average molecular weight is 413 g/mol. The first kappa shape index (κ1) is 19.1. The third-order valence-corrected chi connectivity index (χ3v) is 5.97. The topological polar surface area (TPSA) is 110 Å². The van der Waals surface area contributed by atoms with Crippen molar-refractivity contribution in [3.8, 4) is 0 Å². The second-order valence-electron chi connectivity index (χ2n) is 6.92. The lowest BCUT2D eigenvalue weighted by Gasteiger charge is -2.32. The van der Waals surface area contributed by atoms with Crippen molar-refractivity contribution in [2.24, 2.45) is 0 Å². The van der Waals surface area contributed by atoms with Gasteiger partial charge >= 0.3 is 11.2 Å². The number of thiophene rings is 1. The summed E-state index contributed by atoms with van der Waals surface area (Å²) in [6, 6.07) is 8.69. The molecule has 0 aliphatic carbocycles. The number of anilines is 1. The van der Waals surface area contributed by atoms with E-state index in [0.717, 1.165) is 4.88 Å². The predicted molar refractivity (Wildman–Crippen MR) is 110 cm³/mol. The van der Waals surface area contributed by atoms with Crippen LogP contribution in [0.1, 0.15) is 27.4 Å². The molecule has 4 rings (SSSR count). The number of aryl methyl sites for hydroxylation is 1. The zero-order chi connectivity index (χ0) is 20.5. The van der Waals surface area contributed by atoms with Gasteiger partial charge in [-0.05, 0) is 44.0 Å². The second-order valence-corrected chi connectivity index (χ2v) is 8.21. The van der Waals surface area contributed by atoms with E-state index in [1.165, 1.54) is 21.9 Å². The average Bonchev–Trinajstić information content (AvgIpc) is 3.15. The molecule has 0 atom stereocenters. The summed E-state index contributed by atoms with van der Waals surface area (Å²) < 4.78 is 1.18. The summed E-state index contributed by atoms with van der Waals surface area (Å²) in [5.74, 6) is -0.0144. The van der Waals surface area contributed by atoms with Gasteiger partial charge in [0.05, 0.1) is 9.80 Å². The fraction of sp³-hybridized carbons (Fsp3) is 0.316. The van der Waals surface area contributed by atoms with E-state index in [1.807, 2.05) is 13.0 Å². The van der Waals surface area contributed by atoms with Crippen molar-refractivity contribution in [1.29, 1.82) is 0 Å². The second kappa shape index (κ2) is 7.63. The number of nitrogens with one attached hydrogen (secondary N) is 1. The number of amides is 1. The fourth-order valence-electron chi connectivity index (χ4n) is 3.50. The van der Waals surface area contributed by atoms with Gasteiger partial charge in [-0.15, -0.1) is 11.3 Å². The standard InChI is InChI=1S/C19H19N5O4S/c1-12-5-6-14(29-12)18(25)20-13-7-10-22(11-8-13)17-16(24(27)28)19(26)23-9-3-2-4-15(23)21-17/h2-6,9,13H,7-8,10-11H2,1H3,(H,20,25). The van der Waals surface area contributed by atoms with Crippen LogP contribution in [-0.4, -0.2) is 39.3 Å². The zero-order valence-electron chi connectivity index (χ0n) is 15.7. The molecule has 1 aliphatic rings. The molecule has 3 aromatic rings. The van der Waals surface area contributed by atoms with Crippen molar-refractivity contribution in [1.82, 2.24) is 14.7 Å². The number of pyridine rings is 1. The first-order valence-electron chi connectivity index (χ1n) is 9.22. The molecule has 0 saturated carbocycles. The van der Waals surface area contributed by atoms with Gasteiger partial charge in [-0.2, -0.15) is 0 Å². The van der Waals surface area contributed by atoms with E-state index < -0.39 is 16.2 Å². The summed E-state index contributed by atoms with van der Waals surface area (Å²) in [5.41, 5.74) is -0.856. The van der Waals surface area contributed by atoms with Gasteiger partial charge in [-0.25, -0.2) is 4.98 Å². The Morgan fingerprint density at radius 1 is 1.28 bits per heavy atom. The number of aromatic nitrogens is 2. The van der Waals surface area contributed by atoms with Gasteiger partial charge in [-0.3, -0.25) is 24.1 Å². The Bertz CT molecular complexity index is 1150. The molecule has 1 amide bonds. The van der Waals surface area contributed by atoms with Crippen molar-refractivity contribution >= 4 is 34.4 Å². The Morgan fingerprint density at radius 3 is 2.69 bits per heavy atom. The molecule has 1 N–H and O–H groups in total. The molecule has 0 bridgehead atoms. The number of nitro groups is 1. The molecule has 4 heterocycles. The third kappa shape index (κ3) is 3.70. The van der Waals surface area contributed by atoms with Crippen LogP contribution in [0, 0.1) is 17.0 Å². The molecule has 0 unspecified atom stereocenters. The molecule has 0 aromatic carbocycles. The largest absolute Gasteiger partial charge is 0.376 e. The zero-order valence-corrected chi connectivity index (χ0v) is 16.5. The monoisotopic (exact) mass is 413 g/mol. The molecule has 1 aliphatic heterocycles. The molecule has 1 saturated heterocycles. The van der Waals surface area contributed by atoms with Gasteiger partial charge in [0, 0.05) is 30.2 Å². The third-order valence-electron chi connectivity index (χ3n) is 4.97. The summed E-state index contributed by atoms with van der Waals surface area (Å²) in [5, 5.41) is 14.6. The maximum atomic E-state index is 12.6. The van der Waals surface area contributed by atoms with E-state index in [2.05, 4.69) is 10.3 Å². The maximum Gasteiger partial charge on any atom is 0.376 e. The van der Waals surface area contributed by atoms with Gasteiger partial charge in [0.1, 0.15) is 5.65 Å². The summed E-state index contributed by atoms with van der Waals surface area (Å²) in [6.07, 6.45) is 2.70. The molecule has 0 radical (unpaired) electrons. The highest BCUT2D eigenvalue weighted by molar-refractivity contribution is 7.13. The smallest absolute Gasteiger partial charge is 0.350 e. The van der Waals surface area contributed by atoms with Gasteiger partial charge in [0.2, 0.25) is 5.82 Å². The molecule has 10 heteroatoms. The van der Waals surface area contributed by atoms with Crippen molar-refractivity contribution in [2.45, 2.75) is 25.8 Å². The van der Waals surface area contributed by atoms with E-state index in [4.69, 9.17) is 0 Å². The molecular weight excluding hydrogens is 394 g/mol. The van der Waals surface area contributed by atoms with Crippen LogP contribution in [0.2, 0.25) is 0 Å². The minimum atomic E-state index is -0.695. The number of hydrogen-bond donors (Lipinski definition) is 1. The Balaban J connectivity index is 1.53. The minimum Gasteiger partial charge on any atom is -0.350 e. The number of rotatable bonds is 4. The maximum absolute atomic E-state index is 12.6. The molecule has 150 valence electrons. The minimum absolute atomic E-state index is 0.0261. The number of nitrogens with zero attached hydrogens (tertiary/aromatic N) is 4. The van der Waals surface area contributed by atoms with Crippen LogP contribution in [-0.2, 0) is 0 Å². The predicted octanol–water partition coefficient (Wildman–Crippen LogP) is 2.37. The summed E-state index contributed by atoms with van der Waals surface area (Å²) >= 11 is 1.45. The summed E-state index contributed by atoms with van der Waals surface area (Å²) in [6.45, 7) is 2.88. The fourth-order valence-corrected chi connectivity index (χ4v) is 4.27. The van der Waals surface area contributed by atoms with Crippen LogP contribution in [0.15, 0.2) is 41.3 Å². The van der Waals surface area contributed by atoms with Crippen LogP contribution in [0.3, 0.4) is 0 Å². The number of fused-ring (bicyclic) bond motifs is 1. The Hall–Kier alpha value is -3.27. The number of piperidine rings is 1. The van der Waals surface area contributed by atoms with E-state index in [0.29, 0.717) is 36.5 Å². The van der Waals surface area contributed by atoms with E-state index >= 15 is 0 Å². The molecular formula is C19H19N5O4S. The molecule has 0 spiro atoms. The highest BCUT2D eigenvalue weighted by Crippen LogP contribution is 2.26. The van der Waals surface area contributed by atoms with Crippen LogP contribution >= 0.6 is 11.3 Å². The first-order valence-corrected chi connectivity index (χ1v) is 10.0. The lowest BCUT2D eigenvalue weighted by atomic mass is 10.0.